The average Bonchev–Trinajstić information content (AvgIpc) is 2.10. The standard InChI is InChI=1S/C5H6ClIN2/c1-9-3-4(7)5(2-6)8-9/h3H,2H2,1H3. The molecule has 0 aliphatic carbocycles. The van der Waals surface area contributed by atoms with Crippen molar-refractivity contribution in [2.24, 2.45) is 7.05 Å². The zero-order valence-corrected chi connectivity index (χ0v) is 7.85. The SMILES string of the molecule is Cn1cc(I)c(CCl)n1. The van der Waals surface area contributed by atoms with Crippen molar-refractivity contribution >= 4 is 34.2 Å². The molecule has 1 heterocycles. The van der Waals surface area contributed by atoms with Crippen LogP contribution in [0.5, 0.6) is 0 Å². The molecule has 0 saturated carbocycles. The zero-order valence-electron chi connectivity index (χ0n) is 4.93. The molecule has 0 N–H and O–H groups in total. The Morgan fingerprint density at radius 1 is 1.89 bits per heavy atom. The molecule has 0 aromatic carbocycles. The first-order chi connectivity index (χ1) is 4.24. The van der Waals surface area contributed by atoms with Crippen molar-refractivity contribution in [3.8, 4) is 0 Å². The second-order valence-electron chi connectivity index (χ2n) is 1.73. The van der Waals surface area contributed by atoms with Gasteiger partial charge < -0.3 is 0 Å². The van der Waals surface area contributed by atoms with Crippen LogP contribution in [0, 0.1) is 3.57 Å². The van der Waals surface area contributed by atoms with Crippen molar-refractivity contribution in [2.75, 3.05) is 0 Å². The fraction of sp³-hybridized carbons (Fsp3) is 0.400. The van der Waals surface area contributed by atoms with Crippen LogP contribution in [0.2, 0.25) is 0 Å². The predicted octanol–water partition coefficient (Wildman–Crippen LogP) is 1.76. The Kier molecular flexibility index (Phi) is 2.35. The number of alkyl halides is 1. The lowest BCUT2D eigenvalue weighted by Crippen LogP contribution is -1.88. The van der Waals surface area contributed by atoms with Gasteiger partial charge in [0.15, 0.2) is 0 Å². The van der Waals surface area contributed by atoms with Gasteiger partial charge in [-0.25, -0.2) is 0 Å². The van der Waals surface area contributed by atoms with Crippen LogP contribution in [0.15, 0.2) is 6.20 Å². The van der Waals surface area contributed by atoms with Gasteiger partial charge in [-0.05, 0) is 22.6 Å². The normalized spacial score (nSPS) is 10.1. The second-order valence-corrected chi connectivity index (χ2v) is 3.16. The lowest BCUT2D eigenvalue weighted by atomic mass is 10.5. The topological polar surface area (TPSA) is 17.8 Å². The molecule has 2 nitrogen and oxygen atoms in total. The van der Waals surface area contributed by atoms with Crippen molar-refractivity contribution in [3.63, 3.8) is 0 Å². The molecule has 0 aliphatic heterocycles. The van der Waals surface area contributed by atoms with Crippen molar-refractivity contribution in [3.05, 3.63) is 15.5 Å². The predicted molar refractivity (Wildman–Crippen MR) is 45.5 cm³/mol. The van der Waals surface area contributed by atoms with Crippen LogP contribution in [-0.4, -0.2) is 9.78 Å². The first-order valence-electron chi connectivity index (χ1n) is 2.48. The zero-order chi connectivity index (χ0) is 6.85. The first-order valence-corrected chi connectivity index (χ1v) is 4.09. The van der Waals surface area contributed by atoms with E-state index in [2.05, 4.69) is 27.7 Å². The number of aromatic nitrogens is 2. The van der Waals surface area contributed by atoms with E-state index in [1.807, 2.05) is 13.2 Å². The fourth-order valence-corrected chi connectivity index (χ4v) is 1.72. The van der Waals surface area contributed by atoms with Gasteiger partial charge in [-0.2, -0.15) is 5.10 Å². The number of hydrogen-bond acceptors (Lipinski definition) is 1. The van der Waals surface area contributed by atoms with Crippen LogP contribution in [0.1, 0.15) is 5.69 Å². The van der Waals surface area contributed by atoms with Crippen molar-refractivity contribution in [1.29, 1.82) is 0 Å². The third kappa shape index (κ3) is 1.58. The highest BCUT2D eigenvalue weighted by Crippen LogP contribution is 2.10. The molecule has 0 radical (unpaired) electrons. The summed E-state index contributed by atoms with van der Waals surface area (Å²) in [5.41, 5.74) is 0.958. The Bertz CT molecular complexity index is 209. The maximum absolute atomic E-state index is 5.56. The third-order valence-electron chi connectivity index (χ3n) is 0.981. The van der Waals surface area contributed by atoms with Crippen LogP contribution < -0.4 is 0 Å². The summed E-state index contributed by atoms with van der Waals surface area (Å²) >= 11 is 7.78. The van der Waals surface area contributed by atoms with E-state index in [4.69, 9.17) is 11.6 Å². The molecule has 0 amide bonds. The minimum Gasteiger partial charge on any atom is -0.274 e. The molecule has 0 saturated heterocycles. The van der Waals surface area contributed by atoms with Gasteiger partial charge in [0.1, 0.15) is 0 Å². The first kappa shape index (κ1) is 7.34. The molecular weight excluding hydrogens is 250 g/mol. The van der Waals surface area contributed by atoms with Crippen LogP contribution in [0.3, 0.4) is 0 Å². The number of nitrogens with zero attached hydrogens (tertiary/aromatic N) is 2. The molecule has 50 valence electrons. The Morgan fingerprint density at radius 2 is 2.56 bits per heavy atom. The summed E-state index contributed by atoms with van der Waals surface area (Å²) in [5.74, 6) is 0.499. The molecule has 4 heteroatoms. The monoisotopic (exact) mass is 256 g/mol. The van der Waals surface area contributed by atoms with Gasteiger partial charge in [-0.3, -0.25) is 4.68 Å². The van der Waals surface area contributed by atoms with Crippen molar-refractivity contribution < 1.29 is 0 Å². The molecule has 1 aromatic rings. The molecule has 1 rings (SSSR count). The quantitative estimate of drug-likeness (QED) is 0.553. The smallest absolute Gasteiger partial charge is 0.0905 e. The highest BCUT2D eigenvalue weighted by molar-refractivity contribution is 14.1. The third-order valence-corrected chi connectivity index (χ3v) is 2.14. The van der Waals surface area contributed by atoms with Gasteiger partial charge >= 0.3 is 0 Å². The van der Waals surface area contributed by atoms with Gasteiger partial charge in [0, 0.05) is 13.2 Å². The number of rotatable bonds is 1. The van der Waals surface area contributed by atoms with Gasteiger partial charge in [0.25, 0.3) is 0 Å². The molecule has 0 fully saturated rings. The highest BCUT2D eigenvalue weighted by atomic mass is 127. The fourth-order valence-electron chi connectivity index (χ4n) is 0.596. The molecule has 0 atom stereocenters. The van der Waals surface area contributed by atoms with Crippen LogP contribution in [-0.2, 0) is 12.9 Å². The van der Waals surface area contributed by atoms with Gasteiger partial charge in [-0.15, -0.1) is 11.6 Å². The number of aryl methyl sites for hydroxylation is 1. The van der Waals surface area contributed by atoms with Crippen LogP contribution in [0.4, 0.5) is 0 Å². The van der Waals surface area contributed by atoms with Crippen molar-refractivity contribution in [2.45, 2.75) is 5.88 Å². The van der Waals surface area contributed by atoms with E-state index in [1.54, 1.807) is 4.68 Å². The Morgan fingerprint density at radius 3 is 2.78 bits per heavy atom. The highest BCUT2D eigenvalue weighted by Gasteiger charge is 2.00. The molecular formula is C5H6ClIN2. The van der Waals surface area contributed by atoms with E-state index in [0.29, 0.717) is 5.88 Å². The minimum absolute atomic E-state index is 0.499. The maximum atomic E-state index is 5.56. The molecule has 0 aliphatic rings. The molecule has 1 aromatic heterocycles. The van der Waals surface area contributed by atoms with E-state index in [-0.39, 0.29) is 0 Å². The summed E-state index contributed by atoms with van der Waals surface area (Å²) in [5, 5.41) is 4.11. The van der Waals surface area contributed by atoms with E-state index in [1.165, 1.54) is 0 Å². The van der Waals surface area contributed by atoms with Crippen molar-refractivity contribution in [1.82, 2.24) is 9.78 Å². The second kappa shape index (κ2) is 2.88. The summed E-state index contributed by atoms with van der Waals surface area (Å²) in [6.45, 7) is 0. The minimum atomic E-state index is 0.499. The van der Waals surface area contributed by atoms with Gasteiger partial charge in [0.2, 0.25) is 0 Å². The van der Waals surface area contributed by atoms with E-state index in [9.17, 15) is 0 Å². The van der Waals surface area contributed by atoms with E-state index >= 15 is 0 Å². The lowest BCUT2D eigenvalue weighted by Gasteiger charge is -1.83. The number of hydrogen-bond donors (Lipinski definition) is 0. The van der Waals surface area contributed by atoms with E-state index < -0.39 is 0 Å². The summed E-state index contributed by atoms with van der Waals surface area (Å²) in [4.78, 5) is 0. The van der Waals surface area contributed by atoms with E-state index in [0.717, 1.165) is 9.26 Å². The Balaban J connectivity index is 3.01. The van der Waals surface area contributed by atoms with Gasteiger partial charge in [0.05, 0.1) is 15.1 Å². The van der Waals surface area contributed by atoms with Crippen LogP contribution in [0.25, 0.3) is 0 Å². The largest absolute Gasteiger partial charge is 0.274 e. The lowest BCUT2D eigenvalue weighted by molar-refractivity contribution is 0.754. The number of halogens is 2. The summed E-state index contributed by atoms with van der Waals surface area (Å²) in [6, 6.07) is 0. The summed E-state index contributed by atoms with van der Waals surface area (Å²) < 4.78 is 2.89. The maximum Gasteiger partial charge on any atom is 0.0905 e. The molecule has 9 heavy (non-hydrogen) atoms. The Hall–Kier alpha value is 0.230. The summed E-state index contributed by atoms with van der Waals surface area (Å²) in [6.07, 6.45) is 1.94. The summed E-state index contributed by atoms with van der Waals surface area (Å²) in [7, 11) is 1.89. The Labute approximate surface area is 72.3 Å². The molecule has 0 bridgehead atoms. The van der Waals surface area contributed by atoms with Crippen LogP contribution >= 0.6 is 34.2 Å². The van der Waals surface area contributed by atoms with Gasteiger partial charge in [-0.1, -0.05) is 0 Å². The molecule has 0 unspecified atom stereocenters. The molecule has 0 spiro atoms. The average molecular weight is 256 g/mol.